The normalized spacial score (nSPS) is 10.6. The molecule has 0 aliphatic rings. The zero-order valence-corrected chi connectivity index (χ0v) is 22.6. The highest BCUT2D eigenvalue weighted by atomic mass is 35.5. The van der Waals surface area contributed by atoms with Gasteiger partial charge in [-0.25, -0.2) is 0 Å². The first-order valence-electron chi connectivity index (χ1n) is 11.5. The zero-order chi connectivity index (χ0) is 28.1. The van der Waals surface area contributed by atoms with E-state index in [2.05, 4.69) is 5.32 Å². The average Bonchev–Trinajstić information content (AvgIpc) is 2.96. The van der Waals surface area contributed by atoms with Crippen LogP contribution in [0.3, 0.4) is 0 Å². The van der Waals surface area contributed by atoms with Crippen LogP contribution in [-0.4, -0.2) is 48.1 Å². The molecule has 0 aliphatic carbocycles. The van der Waals surface area contributed by atoms with Gasteiger partial charge in [-0.2, -0.15) is 0 Å². The van der Waals surface area contributed by atoms with Gasteiger partial charge in [-0.1, -0.05) is 11.6 Å². The molecule has 0 aliphatic heterocycles. The average molecular weight is 556 g/mol. The highest BCUT2D eigenvalue weighted by Gasteiger charge is 2.25. The predicted octanol–water partition coefficient (Wildman–Crippen LogP) is 5.17. The molecule has 1 aromatic heterocycles. The Morgan fingerprint density at radius 2 is 1.46 bits per heavy atom. The van der Waals surface area contributed by atoms with Gasteiger partial charge in [0.15, 0.2) is 23.9 Å². The predicted molar refractivity (Wildman–Crippen MR) is 146 cm³/mol. The van der Waals surface area contributed by atoms with Gasteiger partial charge in [0.2, 0.25) is 16.9 Å². The van der Waals surface area contributed by atoms with Crippen LogP contribution in [0.2, 0.25) is 5.02 Å². The Morgan fingerprint density at radius 3 is 2.03 bits per heavy atom. The molecule has 39 heavy (non-hydrogen) atoms. The Bertz CT molecular complexity index is 1540. The molecule has 1 amide bonds. The molecule has 0 spiro atoms. The van der Waals surface area contributed by atoms with E-state index in [-0.39, 0.29) is 28.2 Å². The van der Waals surface area contributed by atoms with Crippen LogP contribution in [0.4, 0.5) is 5.69 Å². The van der Waals surface area contributed by atoms with Gasteiger partial charge >= 0.3 is 0 Å². The van der Waals surface area contributed by atoms with Crippen molar-refractivity contribution < 1.29 is 37.6 Å². The van der Waals surface area contributed by atoms with Crippen molar-refractivity contribution in [2.24, 2.45) is 0 Å². The van der Waals surface area contributed by atoms with Crippen LogP contribution in [0.1, 0.15) is 0 Å². The van der Waals surface area contributed by atoms with Crippen LogP contribution >= 0.6 is 11.6 Å². The van der Waals surface area contributed by atoms with Gasteiger partial charge in [0.05, 0.1) is 35.5 Å². The topological polar surface area (TPSA) is 115 Å². The first-order chi connectivity index (χ1) is 18.8. The van der Waals surface area contributed by atoms with E-state index in [0.717, 1.165) is 0 Å². The molecule has 0 unspecified atom stereocenters. The van der Waals surface area contributed by atoms with Gasteiger partial charge in [0, 0.05) is 28.4 Å². The third kappa shape index (κ3) is 5.65. The van der Waals surface area contributed by atoms with E-state index < -0.39 is 17.9 Å². The summed E-state index contributed by atoms with van der Waals surface area (Å²) in [4.78, 5) is 26.5. The smallest absolute Gasteiger partial charge is 0.262 e. The van der Waals surface area contributed by atoms with Crippen molar-refractivity contribution in [3.05, 3.63) is 63.8 Å². The molecule has 0 saturated carbocycles. The summed E-state index contributed by atoms with van der Waals surface area (Å²) in [7, 11) is 7.30. The molecule has 0 bridgehead atoms. The molecule has 0 atom stereocenters. The van der Waals surface area contributed by atoms with Crippen LogP contribution in [-0.2, 0) is 4.79 Å². The monoisotopic (exact) mass is 555 g/mol. The maximum Gasteiger partial charge on any atom is 0.262 e. The lowest BCUT2D eigenvalue weighted by atomic mass is 10.1. The number of hydrogen-bond acceptors (Lipinski definition) is 9. The van der Waals surface area contributed by atoms with E-state index in [0.29, 0.717) is 39.3 Å². The zero-order valence-electron chi connectivity index (χ0n) is 21.9. The molecule has 0 radical (unpaired) electrons. The number of benzene rings is 3. The summed E-state index contributed by atoms with van der Waals surface area (Å²) in [6.07, 6.45) is 0. The Morgan fingerprint density at radius 1 is 0.821 bits per heavy atom. The summed E-state index contributed by atoms with van der Waals surface area (Å²) in [5, 5.41) is 3.33. The molecule has 1 heterocycles. The maximum atomic E-state index is 13.8. The van der Waals surface area contributed by atoms with Crippen molar-refractivity contribution in [1.82, 2.24) is 0 Å². The summed E-state index contributed by atoms with van der Waals surface area (Å²) in [6.45, 7) is -0.491. The number of fused-ring (bicyclic) bond motifs is 1. The number of nitrogens with one attached hydrogen (secondary N) is 1. The summed E-state index contributed by atoms with van der Waals surface area (Å²) in [6, 6.07) is 12.9. The summed E-state index contributed by atoms with van der Waals surface area (Å²) >= 11 is 5.91. The van der Waals surface area contributed by atoms with E-state index in [1.165, 1.54) is 35.5 Å². The lowest BCUT2D eigenvalue weighted by Gasteiger charge is -2.17. The quantitative estimate of drug-likeness (QED) is 0.283. The Balaban J connectivity index is 1.86. The first-order valence-corrected chi connectivity index (χ1v) is 11.9. The molecule has 0 saturated heterocycles. The molecule has 4 rings (SSSR count). The van der Waals surface area contributed by atoms with Crippen LogP contribution in [0.15, 0.2) is 57.7 Å². The summed E-state index contributed by atoms with van der Waals surface area (Å²) in [5.74, 6) is 0.926. The van der Waals surface area contributed by atoms with Gasteiger partial charge in [-0.05, 0) is 36.4 Å². The highest BCUT2D eigenvalue weighted by Crippen LogP contribution is 2.44. The minimum Gasteiger partial charge on any atom is -0.496 e. The number of anilines is 1. The van der Waals surface area contributed by atoms with E-state index in [1.807, 2.05) is 0 Å². The molecule has 204 valence electrons. The maximum absolute atomic E-state index is 13.8. The molecule has 10 nitrogen and oxygen atoms in total. The minimum absolute atomic E-state index is 0.0290. The van der Waals surface area contributed by atoms with Crippen molar-refractivity contribution in [1.29, 1.82) is 0 Å². The van der Waals surface area contributed by atoms with Crippen LogP contribution in [0.5, 0.6) is 34.5 Å². The molecule has 3 aromatic carbocycles. The van der Waals surface area contributed by atoms with Crippen molar-refractivity contribution >= 4 is 34.2 Å². The van der Waals surface area contributed by atoms with Gasteiger partial charge in [0.1, 0.15) is 22.5 Å². The standard InChI is InChI=1S/C28H26ClNO9/c1-33-18-12-19(34-2)24-20(13-18)39-26(15-10-21(35-3)27(37-5)22(11-15)36-4)28(25(24)32)38-14-23(31)30-17-8-6-16(29)7-9-17/h6-13H,14H2,1-5H3,(H,30,31). The Hall–Kier alpha value is -4.57. The van der Waals surface area contributed by atoms with Crippen LogP contribution < -0.4 is 39.2 Å². The number of ether oxygens (including phenoxy) is 6. The van der Waals surface area contributed by atoms with E-state index >= 15 is 0 Å². The molecular weight excluding hydrogens is 530 g/mol. The van der Waals surface area contributed by atoms with Gasteiger partial charge < -0.3 is 38.2 Å². The third-order valence-corrected chi connectivity index (χ3v) is 6.00. The third-order valence-electron chi connectivity index (χ3n) is 5.75. The van der Waals surface area contributed by atoms with Crippen LogP contribution in [0.25, 0.3) is 22.3 Å². The second-order valence-electron chi connectivity index (χ2n) is 8.05. The lowest BCUT2D eigenvalue weighted by molar-refractivity contribution is -0.118. The number of amides is 1. The number of halogens is 1. The number of hydrogen-bond donors (Lipinski definition) is 1. The second kappa shape index (κ2) is 11.9. The van der Waals surface area contributed by atoms with Gasteiger partial charge in [0.25, 0.3) is 5.91 Å². The van der Waals surface area contributed by atoms with E-state index in [9.17, 15) is 9.59 Å². The molecule has 1 N–H and O–H groups in total. The van der Waals surface area contributed by atoms with E-state index in [1.54, 1.807) is 48.5 Å². The van der Waals surface area contributed by atoms with Gasteiger partial charge in [-0.15, -0.1) is 0 Å². The number of carbonyl (C=O) groups excluding carboxylic acids is 1. The molecule has 11 heteroatoms. The molecular formula is C28H26ClNO9. The second-order valence-corrected chi connectivity index (χ2v) is 8.49. The SMILES string of the molecule is COc1cc(OC)c2c(=O)c(OCC(=O)Nc3ccc(Cl)cc3)c(-c3cc(OC)c(OC)c(OC)c3)oc2c1. The van der Waals surface area contributed by atoms with Crippen molar-refractivity contribution in [2.75, 3.05) is 47.5 Å². The van der Waals surface area contributed by atoms with E-state index in [4.69, 9.17) is 44.4 Å². The molecule has 4 aromatic rings. The number of methoxy groups -OCH3 is 5. The van der Waals surface area contributed by atoms with Crippen molar-refractivity contribution in [3.63, 3.8) is 0 Å². The Kier molecular flexibility index (Phi) is 8.36. The fraction of sp³-hybridized carbons (Fsp3) is 0.214. The number of rotatable bonds is 10. The fourth-order valence-electron chi connectivity index (χ4n) is 3.92. The van der Waals surface area contributed by atoms with Gasteiger partial charge in [-0.3, -0.25) is 9.59 Å². The highest BCUT2D eigenvalue weighted by molar-refractivity contribution is 6.30. The minimum atomic E-state index is -0.557. The van der Waals surface area contributed by atoms with Crippen LogP contribution in [0, 0.1) is 0 Å². The Labute approximate surface area is 228 Å². The largest absolute Gasteiger partial charge is 0.496 e. The van der Waals surface area contributed by atoms with Crippen molar-refractivity contribution in [2.45, 2.75) is 0 Å². The summed E-state index contributed by atoms with van der Waals surface area (Å²) in [5.41, 5.74) is 0.507. The van der Waals surface area contributed by atoms with Crippen molar-refractivity contribution in [3.8, 4) is 45.8 Å². The first kappa shape index (κ1) is 27.5. The fourth-order valence-corrected chi connectivity index (χ4v) is 4.05. The lowest BCUT2D eigenvalue weighted by Crippen LogP contribution is -2.22. The molecule has 0 fully saturated rings. The summed E-state index contributed by atoms with van der Waals surface area (Å²) < 4.78 is 39.1. The number of carbonyl (C=O) groups is 1.